The Morgan fingerprint density at radius 1 is 1.47 bits per heavy atom. The maximum atomic E-state index is 11.4. The first-order chi connectivity index (χ1) is 7.13. The van der Waals surface area contributed by atoms with Crippen LogP contribution in [0.2, 0.25) is 5.02 Å². The van der Waals surface area contributed by atoms with Gasteiger partial charge < -0.3 is 4.90 Å². The number of alkyl halides is 1. The smallest absolute Gasteiger partial charge is 0.223 e. The Bertz CT molecular complexity index is 341. The molecule has 1 aromatic carbocycles. The van der Waals surface area contributed by atoms with Gasteiger partial charge in [-0.1, -0.05) is 23.7 Å². The van der Waals surface area contributed by atoms with E-state index in [2.05, 4.69) is 0 Å². The number of nitrogens with zero attached hydrogens (tertiary/aromatic N) is 1. The normalized spacial score (nSPS) is 10.1. The van der Waals surface area contributed by atoms with E-state index in [1.807, 2.05) is 24.3 Å². The second-order valence-electron chi connectivity index (χ2n) is 3.32. The molecule has 82 valence electrons. The van der Waals surface area contributed by atoms with Gasteiger partial charge in [-0.15, -0.1) is 11.6 Å². The lowest BCUT2D eigenvalue weighted by Gasteiger charge is -2.16. The molecule has 0 fully saturated rings. The lowest BCUT2D eigenvalue weighted by molar-refractivity contribution is -0.129. The van der Waals surface area contributed by atoms with Crippen LogP contribution in [0.4, 0.5) is 0 Å². The average molecular weight is 246 g/mol. The number of rotatable bonds is 4. The molecule has 0 aliphatic rings. The van der Waals surface area contributed by atoms with E-state index in [0.717, 1.165) is 5.56 Å². The summed E-state index contributed by atoms with van der Waals surface area (Å²) in [5.41, 5.74) is 1.02. The molecule has 0 aliphatic carbocycles. The highest BCUT2D eigenvalue weighted by Crippen LogP contribution is 2.12. The Hall–Kier alpha value is -0.730. The van der Waals surface area contributed by atoms with Crippen LogP contribution in [-0.4, -0.2) is 23.7 Å². The van der Waals surface area contributed by atoms with E-state index in [9.17, 15) is 4.79 Å². The molecule has 0 atom stereocenters. The van der Waals surface area contributed by atoms with E-state index in [0.29, 0.717) is 23.9 Å². The fraction of sp³-hybridized carbons (Fsp3) is 0.364. The Morgan fingerprint density at radius 3 is 2.80 bits per heavy atom. The van der Waals surface area contributed by atoms with Crippen molar-refractivity contribution >= 4 is 29.1 Å². The first-order valence-corrected chi connectivity index (χ1v) is 5.59. The zero-order chi connectivity index (χ0) is 11.3. The van der Waals surface area contributed by atoms with E-state index >= 15 is 0 Å². The molecule has 0 spiro atoms. The predicted molar refractivity (Wildman–Crippen MR) is 63.3 cm³/mol. The van der Waals surface area contributed by atoms with E-state index in [1.165, 1.54) is 0 Å². The molecule has 0 radical (unpaired) electrons. The average Bonchev–Trinajstić information content (AvgIpc) is 2.18. The van der Waals surface area contributed by atoms with Crippen molar-refractivity contribution in [2.24, 2.45) is 0 Å². The SMILES string of the molecule is CN(Cc1cccc(Cl)c1)C(=O)CCCl. The molecule has 2 nitrogen and oxygen atoms in total. The first-order valence-electron chi connectivity index (χ1n) is 4.68. The molecule has 0 unspecified atom stereocenters. The molecular weight excluding hydrogens is 233 g/mol. The van der Waals surface area contributed by atoms with Gasteiger partial charge in [-0.2, -0.15) is 0 Å². The van der Waals surface area contributed by atoms with Crippen molar-refractivity contribution in [2.45, 2.75) is 13.0 Å². The summed E-state index contributed by atoms with van der Waals surface area (Å²) in [6.45, 7) is 0.566. The number of hydrogen-bond donors (Lipinski definition) is 0. The summed E-state index contributed by atoms with van der Waals surface area (Å²) in [6, 6.07) is 7.48. The van der Waals surface area contributed by atoms with Gasteiger partial charge in [0.05, 0.1) is 0 Å². The van der Waals surface area contributed by atoms with Crippen molar-refractivity contribution in [1.29, 1.82) is 0 Å². The minimum Gasteiger partial charge on any atom is -0.341 e. The first kappa shape index (κ1) is 12.3. The zero-order valence-corrected chi connectivity index (χ0v) is 10.1. The van der Waals surface area contributed by atoms with Crippen LogP contribution in [-0.2, 0) is 11.3 Å². The van der Waals surface area contributed by atoms with Gasteiger partial charge in [0.15, 0.2) is 0 Å². The summed E-state index contributed by atoms with van der Waals surface area (Å²) in [6.07, 6.45) is 0.374. The largest absolute Gasteiger partial charge is 0.341 e. The Labute approximate surface area is 99.8 Å². The molecule has 0 heterocycles. The lowest BCUT2D eigenvalue weighted by Crippen LogP contribution is -2.26. The molecule has 1 rings (SSSR count). The van der Waals surface area contributed by atoms with Crippen LogP contribution in [0, 0.1) is 0 Å². The van der Waals surface area contributed by atoms with Gasteiger partial charge in [-0.25, -0.2) is 0 Å². The molecular formula is C11H13Cl2NO. The summed E-state index contributed by atoms with van der Waals surface area (Å²) in [5.74, 6) is 0.406. The summed E-state index contributed by atoms with van der Waals surface area (Å²) in [4.78, 5) is 13.1. The highest BCUT2D eigenvalue weighted by molar-refractivity contribution is 6.30. The van der Waals surface area contributed by atoms with Crippen LogP contribution < -0.4 is 0 Å². The molecule has 1 amide bonds. The number of hydrogen-bond acceptors (Lipinski definition) is 1. The number of carbonyl (C=O) groups excluding carboxylic acids is 1. The van der Waals surface area contributed by atoms with Crippen LogP contribution >= 0.6 is 23.2 Å². The third-order valence-corrected chi connectivity index (χ3v) is 2.47. The van der Waals surface area contributed by atoms with Crippen LogP contribution in [0.15, 0.2) is 24.3 Å². The van der Waals surface area contributed by atoms with E-state index in [4.69, 9.17) is 23.2 Å². The third kappa shape index (κ3) is 4.10. The number of benzene rings is 1. The molecule has 1 aromatic rings. The fourth-order valence-corrected chi connectivity index (χ4v) is 1.64. The van der Waals surface area contributed by atoms with Crippen molar-refractivity contribution in [1.82, 2.24) is 4.90 Å². The molecule has 0 saturated heterocycles. The van der Waals surface area contributed by atoms with Gasteiger partial charge in [-0.3, -0.25) is 4.79 Å². The molecule has 15 heavy (non-hydrogen) atoms. The fourth-order valence-electron chi connectivity index (χ4n) is 1.27. The van der Waals surface area contributed by atoms with Crippen molar-refractivity contribution in [3.63, 3.8) is 0 Å². The van der Waals surface area contributed by atoms with Gasteiger partial charge >= 0.3 is 0 Å². The van der Waals surface area contributed by atoms with Crippen molar-refractivity contribution in [2.75, 3.05) is 12.9 Å². The Morgan fingerprint density at radius 2 is 2.20 bits per heavy atom. The van der Waals surface area contributed by atoms with Gasteiger partial charge in [0.25, 0.3) is 0 Å². The van der Waals surface area contributed by atoms with E-state index in [-0.39, 0.29) is 5.91 Å². The zero-order valence-electron chi connectivity index (χ0n) is 8.54. The molecule has 0 aromatic heterocycles. The van der Waals surface area contributed by atoms with Gasteiger partial charge in [0, 0.05) is 30.9 Å². The van der Waals surface area contributed by atoms with Crippen LogP contribution in [0.5, 0.6) is 0 Å². The van der Waals surface area contributed by atoms with Gasteiger partial charge in [0.1, 0.15) is 0 Å². The summed E-state index contributed by atoms with van der Waals surface area (Å²) in [7, 11) is 1.76. The van der Waals surface area contributed by atoms with Crippen LogP contribution in [0.1, 0.15) is 12.0 Å². The van der Waals surface area contributed by atoms with Crippen molar-refractivity contribution in [3.8, 4) is 0 Å². The van der Waals surface area contributed by atoms with Crippen LogP contribution in [0.3, 0.4) is 0 Å². The molecule has 0 N–H and O–H groups in total. The molecule has 0 saturated carbocycles. The Balaban J connectivity index is 2.58. The van der Waals surface area contributed by atoms with E-state index in [1.54, 1.807) is 11.9 Å². The number of carbonyl (C=O) groups is 1. The minimum atomic E-state index is 0.0463. The molecule has 4 heteroatoms. The Kier molecular flexibility index (Phi) is 4.92. The maximum Gasteiger partial charge on any atom is 0.223 e. The van der Waals surface area contributed by atoms with E-state index < -0.39 is 0 Å². The maximum absolute atomic E-state index is 11.4. The topological polar surface area (TPSA) is 20.3 Å². The summed E-state index contributed by atoms with van der Waals surface area (Å²) >= 11 is 11.3. The lowest BCUT2D eigenvalue weighted by atomic mass is 10.2. The van der Waals surface area contributed by atoms with Gasteiger partial charge in [-0.05, 0) is 17.7 Å². The quantitative estimate of drug-likeness (QED) is 0.748. The van der Waals surface area contributed by atoms with Crippen molar-refractivity contribution < 1.29 is 4.79 Å². The predicted octanol–water partition coefficient (Wildman–Crippen LogP) is 2.93. The molecule has 0 bridgehead atoms. The second kappa shape index (κ2) is 5.99. The highest BCUT2D eigenvalue weighted by Gasteiger charge is 2.08. The minimum absolute atomic E-state index is 0.0463. The van der Waals surface area contributed by atoms with Gasteiger partial charge in [0.2, 0.25) is 5.91 Å². The van der Waals surface area contributed by atoms with Crippen LogP contribution in [0.25, 0.3) is 0 Å². The standard InChI is InChI=1S/C11H13Cl2NO/c1-14(11(15)5-6-12)8-9-3-2-4-10(13)7-9/h2-4,7H,5-6,8H2,1H3. The monoisotopic (exact) mass is 245 g/mol. The van der Waals surface area contributed by atoms with Crippen molar-refractivity contribution in [3.05, 3.63) is 34.9 Å². The second-order valence-corrected chi connectivity index (χ2v) is 4.13. The molecule has 0 aliphatic heterocycles. The highest BCUT2D eigenvalue weighted by atomic mass is 35.5. The summed E-state index contributed by atoms with van der Waals surface area (Å²) in [5, 5.41) is 0.686. The summed E-state index contributed by atoms with van der Waals surface area (Å²) < 4.78 is 0. The number of halogens is 2. The number of amides is 1. The third-order valence-electron chi connectivity index (χ3n) is 2.04.